The fourth-order valence-electron chi connectivity index (χ4n) is 1.83. The van der Waals surface area contributed by atoms with Crippen LogP contribution in [0.3, 0.4) is 0 Å². The Kier molecular flexibility index (Phi) is 2.92. The van der Waals surface area contributed by atoms with Crippen LogP contribution in [0.4, 0.5) is 3.89 Å². The lowest BCUT2D eigenvalue weighted by Gasteiger charge is -2.15. The molecule has 0 aliphatic heterocycles. The van der Waals surface area contributed by atoms with Gasteiger partial charge >= 0.3 is 10.2 Å². The van der Waals surface area contributed by atoms with Crippen molar-refractivity contribution in [2.24, 2.45) is 0 Å². The van der Waals surface area contributed by atoms with Crippen LogP contribution in [-0.2, 0) is 10.2 Å². The standard InChI is InChI=1S/C11H15FO2S/c1-6-7(2)9(4)11(15(12,13)14)10(5)8(6)3/h1-5H3. The summed E-state index contributed by atoms with van der Waals surface area (Å²) in [7, 11) is -4.63. The van der Waals surface area contributed by atoms with Crippen molar-refractivity contribution in [3.05, 3.63) is 27.8 Å². The van der Waals surface area contributed by atoms with Gasteiger partial charge in [-0.2, -0.15) is 8.42 Å². The van der Waals surface area contributed by atoms with Crippen LogP contribution in [0.15, 0.2) is 4.90 Å². The van der Waals surface area contributed by atoms with E-state index in [2.05, 4.69) is 0 Å². The van der Waals surface area contributed by atoms with Gasteiger partial charge in [0, 0.05) is 0 Å². The molecule has 0 amide bonds. The monoisotopic (exact) mass is 230 g/mol. The fraction of sp³-hybridized carbons (Fsp3) is 0.455. The van der Waals surface area contributed by atoms with Gasteiger partial charge in [0.2, 0.25) is 0 Å². The second-order valence-corrected chi connectivity index (χ2v) is 5.18. The van der Waals surface area contributed by atoms with Crippen LogP contribution in [-0.4, -0.2) is 8.42 Å². The Bertz CT molecular complexity index is 487. The highest BCUT2D eigenvalue weighted by molar-refractivity contribution is 7.86. The van der Waals surface area contributed by atoms with E-state index in [1.807, 2.05) is 20.8 Å². The van der Waals surface area contributed by atoms with Crippen LogP contribution in [0.1, 0.15) is 27.8 Å². The van der Waals surface area contributed by atoms with Crippen molar-refractivity contribution >= 4 is 10.2 Å². The van der Waals surface area contributed by atoms with E-state index in [-0.39, 0.29) is 4.90 Å². The second-order valence-electron chi connectivity index (χ2n) is 3.89. The summed E-state index contributed by atoms with van der Waals surface area (Å²) < 4.78 is 35.2. The van der Waals surface area contributed by atoms with Crippen LogP contribution in [0.2, 0.25) is 0 Å². The average Bonchev–Trinajstić information content (AvgIpc) is 2.09. The number of halogens is 1. The van der Waals surface area contributed by atoms with Crippen LogP contribution < -0.4 is 0 Å². The molecule has 0 fully saturated rings. The first-order valence-electron chi connectivity index (χ1n) is 4.69. The van der Waals surface area contributed by atoms with Gasteiger partial charge in [-0.15, -0.1) is 3.89 Å². The van der Waals surface area contributed by atoms with Crippen LogP contribution in [0, 0.1) is 34.6 Å². The maximum absolute atomic E-state index is 13.1. The molecule has 0 unspecified atom stereocenters. The van der Waals surface area contributed by atoms with Gasteiger partial charge in [-0.1, -0.05) is 0 Å². The Morgan fingerprint density at radius 3 is 1.27 bits per heavy atom. The summed E-state index contributed by atoms with van der Waals surface area (Å²) in [6.07, 6.45) is 0. The predicted octanol–water partition coefficient (Wildman–Crippen LogP) is 2.89. The van der Waals surface area contributed by atoms with E-state index in [1.165, 1.54) is 0 Å². The lowest BCUT2D eigenvalue weighted by Crippen LogP contribution is -2.05. The molecule has 0 spiro atoms. The van der Waals surface area contributed by atoms with E-state index in [4.69, 9.17) is 0 Å². The van der Waals surface area contributed by atoms with Gasteiger partial charge in [-0.05, 0) is 62.4 Å². The van der Waals surface area contributed by atoms with Gasteiger partial charge in [-0.3, -0.25) is 0 Å². The maximum Gasteiger partial charge on any atom is 0.332 e. The van der Waals surface area contributed by atoms with Crippen molar-refractivity contribution in [3.63, 3.8) is 0 Å². The fourth-order valence-corrected chi connectivity index (χ4v) is 2.87. The zero-order valence-corrected chi connectivity index (χ0v) is 10.4. The van der Waals surface area contributed by atoms with E-state index in [1.54, 1.807) is 13.8 Å². The molecule has 0 atom stereocenters. The van der Waals surface area contributed by atoms with Crippen molar-refractivity contribution < 1.29 is 12.3 Å². The molecule has 0 saturated carbocycles. The van der Waals surface area contributed by atoms with Crippen molar-refractivity contribution in [2.45, 2.75) is 39.5 Å². The van der Waals surface area contributed by atoms with Gasteiger partial charge in [0.25, 0.3) is 0 Å². The Morgan fingerprint density at radius 2 is 1.00 bits per heavy atom. The molecule has 0 radical (unpaired) electrons. The number of hydrogen-bond acceptors (Lipinski definition) is 2. The minimum Gasteiger partial charge on any atom is -0.189 e. The van der Waals surface area contributed by atoms with Gasteiger partial charge in [0.15, 0.2) is 0 Å². The Balaban J connectivity index is 3.84. The van der Waals surface area contributed by atoms with Gasteiger partial charge in [0.05, 0.1) is 0 Å². The highest BCUT2D eigenvalue weighted by atomic mass is 32.3. The molecule has 0 heterocycles. The molecule has 0 bridgehead atoms. The molecular weight excluding hydrogens is 215 g/mol. The van der Waals surface area contributed by atoms with Gasteiger partial charge in [-0.25, -0.2) is 0 Å². The van der Waals surface area contributed by atoms with Crippen molar-refractivity contribution in [1.82, 2.24) is 0 Å². The van der Waals surface area contributed by atoms with E-state index in [0.717, 1.165) is 16.7 Å². The Morgan fingerprint density at radius 1 is 0.733 bits per heavy atom. The second kappa shape index (κ2) is 3.59. The quantitative estimate of drug-likeness (QED) is 0.695. The number of benzene rings is 1. The molecule has 0 aliphatic rings. The van der Waals surface area contributed by atoms with E-state index in [9.17, 15) is 12.3 Å². The molecule has 4 heteroatoms. The molecule has 15 heavy (non-hydrogen) atoms. The summed E-state index contributed by atoms with van der Waals surface area (Å²) in [6.45, 7) is 8.82. The zero-order chi connectivity index (χ0) is 12.0. The maximum atomic E-state index is 13.1. The molecule has 1 aromatic rings. The zero-order valence-electron chi connectivity index (χ0n) is 9.60. The molecule has 0 aliphatic carbocycles. The predicted molar refractivity (Wildman–Crippen MR) is 58.4 cm³/mol. The largest absolute Gasteiger partial charge is 0.332 e. The first kappa shape index (κ1) is 12.2. The highest BCUT2D eigenvalue weighted by Gasteiger charge is 2.22. The first-order valence-corrected chi connectivity index (χ1v) is 6.08. The molecule has 1 rings (SSSR count). The van der Waals surface area contributed by atoms with Crippen molar-refractivity contribution in [2.75, 3.05) is 0 Å². The van der Waals surface area contributed by atoms with E-state index in [0.29, 0.717) is 11.1 Å². The van der Waals surface area contributed by atoms with Crippen molar-refractivity contribution in [1.29, 1.82) is 0 Å². The minimum absolute atomic E-state index is 0.164. The van der Waals surface area contributed by atoms with Crippen molar-refractivity contribution in [3.8, 4) is 0 Å². The smallest absolute Gasteiger partial charge is 0.189 e. The van der Waals surface area contributed by atoms with Crippen LogP contribution in [0.5, 0.6) is 0 Å². The molecule has 0 N–H and O–H groups in total. The molecule has 2 nitrogen and oxygen atoms in total. The topological polar surface area (TPSA) is 34.1 Å². The highest BCUT2D eigenvalue weighted by Crippen LogP contribution is 2.30. The summed E-state index contributed by atoms with van der Waals surface area (Å²) >= 11 is 0. The third kappa shape index (κ3) is 1.91. The number of hydrogen-bond donors (Lipinski definition) is 0. The molecule has 0 saturated heterocycles. The van der Waals surface area contributed by atoms with Crippen LogP contribution in [0.25, 0.3) is 0 Å². The molecule has 0 aromatic heterocycles. The molecule has 1 aromatic carbocycles. The van der Waals surface area contributed by atoms with Gasteiger partial charge in [0.1, 0.15) is 4.90 Å². The summed E-state index contributed by atoms with van der Waals surface area (Å²) in [4.78, 5) is -0.164. The first-order chi connectivity index (χ1) is 6.68. The lowest BCUT2D eigenvalue weighted by atomic mass is 9.95. The Hall–Kier alpha value is -0.900. The van der Waals surface area contributed by atoms with Gasteiger partial charge < -0.3 is 0 Å². The summed E-state index contributed by atoms with van der Waals surface area (Å²) in [5.41, 5.74) is 3.73. The summed E-state index contributed by atoms with van der Waals surface area (Å²) in [5.74, 6) is 0. The van der Waals surface area contributed by atoms with E-state index < -0.39 is 10.2 Å². The SMILES string of the molecule is Cc1c(C)c(C)c(S(=O)(=O)F)c(C)c1C. The molecular formula is C11H15FO2S. The summed E-state index contributed by atoms with van der Waals surface area (Å²) in [5, 5.41) is 0. The number of rotatable bonds is 1. The summed E-state index contributed by atoms with van der Waals surface area (Å²) in [6, 6.07) is 0. The third-order valence-electron chi connectivity index (χ3n) is 3.18. The normalized spacial score (nSPS) is 11.9. The minimum atomic E-state index is -4.63. The third-order valence-corrected chi connectivity index (χ3v) is 4.28. The average molecular weight is 230 g/mol. The Labute approximate surface area is 90.3 Å². The molecule has 84 valence electrons. The van der Waals surface area contributed by atoms with E-state index >= 15 is 0 Å². The van der Waals surface area contributed by atoms with Crippen LogP contribution >= 0.6 is 0 Å². The lowest BCUT2D eigenvalue weighted by molar-refractivity contribution is 0.550.